The van der Waals surface area contributed by atoms with Crippen LogP contribution in [0.2, 0.25) is 0 Å². The normalized spacial score (nSPS) is 17.5. The number of rotatable bonds is 5. The molecule has 0 saturated heterocycles. The number of hydrogen-bond donors (Lipinski definition) is 1. The molecule has 0 bridgehead atoms. The highest BCUT2D eigenvalue weighted by Crippen LogP contribution is 2.41. The Morgan fingerprint density at radius 1 is 1.23 bits per heavy atom. The number of anilines is 1. The lowest BCUT2D eigenvalue weighted by molar-refractivity contribution is -0.117. The Kier molecular flexibility index (Phi) is 3.29. The van der Waals surface area contributed by atoms with Gasteiger partial charge in [-0.05, 0) is 31.7 Å². The molecule has 1 N–H and O–H groups in total. The molecule has 7 heteroatoms. The average Bonchev–Trinajstić information content (AvgIpc) is 3.40. The van der Waals surface area contributed by atoms with Gasteiger partial charge in [-0.3, -0.25) is 9.59 Å². The number of amides is 1. The summed E-state index contributed by atoms with van der Waals surface area (Å²) in [6.45, 7) is -0.0717. The summed E-state index contributed by atoms with van der Waals surface area (Å²) in [4.78, 5) is 28.3. The molecule has 2 heterocycles. The number of carbonyl (C=O) groups is 1. The van der Waals surface area contributed by atoms with E-state index in [-0.39, 0.29) is 18.0 Å². The maximum atomic E-state index is 12.1. The summed E-state index contributed by atoms with van der Waals surface area (Å²) in [5.74, 6) is 0.760. The zero-order valence-corrected chi connectivity index (χ0v) is 12.8. The molecule has 2 aromatic heterocycles. The first-order valence-electron chi connectivity index (χ1n) is 7.52. The fraction of sp³-hybridized carbons (Fsp3) is 0.467. The second kappa shape index (κ2) is 5.31. The van der Waals surface area contributed by atoms with E-state index in [0.717, 1.165) is 24.2 Å². The summed E-state index contributed by atoms with van der Waals surface area (Å²) in [5.41, 5.74) is 1.71. The number of aromatic nitrogens is 3. The lowest BCUT2D eigenvalue weighted by atomic mass is 10.3. The van der Waals surface area contributed by atoms with Crippen molar-refractivity contribution in [1.82, 2.24) is 14.8 Å². The minimum absolute atomic E-state index is 0.0717. The van der Waals surface area contributed by atoms with Crippen LogP contribution in [0.3, 0.4) is 0 Å². The molecule has 0 spiro atoms. The van der Waals surface area contributed by atoms with Gasteiger partial charge >= 0.3 is 0 Å². The fourth-order valence-corrected chi connectivity index (χ4v) is 3.19. The Labute approximate surface area is 131 Å². The van der Waals surface area contributed by atoms with E-state index in [1.54, 1.807) is 6.07 Å². The van der Waals surface area contributed by atoms with E-state index in [1.807, 2.05) is 5.38 Å². The van der Waals surface area contributed by atoms with Crippen LogP contribution in [0.4, 0.5) is 5.13 Å². The van der Waals surface area contributed by atoms with Gasteiger partial charge in [0.15, 0.2) is 5.13 Å². The van der Waals surface area contributed by atoms with Gasteiger partial charge in [-0.2, -0.15) is 5.10 Å². The molecule has 1 amide bonds. The quantitative estimate of drug-likeness (QED) is 0.916. The van der Waals surface area contributed by atoms with Gasteiger partial charge < -0.3 is 5.32 Å². The van der Waals surface area contributed by atoms with Gasteiger partial charge in [-0.15, -0.1) is 11.3 Å². The number of carbonyl (C=O) groups excluding carboxylic acids is 1. The summed E-state index contributed by atoms with van der Waals surface area (Å²) < 4.78 is 1.23. The SMILES string of the molecule is O=C(Cn1nc(C2CC2)ccc1=O)Nc1nc(C2CC2)cs1. The minimum atomic E-state index is -0.265. The third kappa shape index (κ3) is 2.94. The van der Waals surface area contributed by atoms with Gasteiger partial charge in [-0.25, -0.2) is 9.67 Å². The Balaban J connectivity index is 1.44. The zero-order valence-electron chi connectivity index (χ0n) is 12.0. The van der Waals surface area contributed by atoms with E-state index in [2.05, 4.69) is 15.4 Å². The summed E-state index contributed by atoms with van der Waals surface area (Å²) in [7, 11) is 0. The van der Waals surface area contributed by atoms with Crippen LogP contribution in [-0.2, 0) is 11.3 Å². The molecule has 0 unspecified atom stereocenters. The number of thiazole rings is 1. The molecule has 2 aromatic rings. The summed E-state index contributed by atoms with van der Waals surface area (Å²) in [5, 5.41) is 9.63. The van der Waals surface area contributed by atoms with Crippen molar-refractivity contribution in [3.8, 4) is 0 Å². The van der Waals surface area contributed by atoms with Gasteiger partial charge in [0, 0.05) is 23.3 Å². The Hall–Kier alpha value is -2.02. The molecule has 22 heavy (non-hydrogen) atoms. The third-order valence-corrected chi connectivity index (χ3v) is 4.72. The predicted molar refractivity (Wildman–Crippen MR) is 83.2 cm³/mol. The molecule has 114 valence electrons. The monoisotopic (exact) mass is 316 g/mol. The lowest BCUT2D eigenvalue weighted by Gasteiger charge is -2.06. The molecule has 6 nitrogen and oxygen atoms in total. The van der Waals surface area contributed by atoms with Crippen LogP contribution in [0, 0.1) is 0 Å². The van der Waals surface area contributed by atoms with Crippen LogP contribution >= 0.6 is 11.3 Å². The van der Waals surface area contributed by atoms with Crippen molar-refractivity contribution in [3.05, 3.63) is 39.3 Å². The van der Waals surface area contributed by atoms with Crippen LogP contribution in [-0.4, -0.2) is 20.7 Å². The van der Waals surface area contributed by atoms with Gasteiger partial charge in [0.1, 0.15) is 6.54 Å². The van der Waals surface area contributed by atoms with Gasteiger partial charge in [0.25, 0.3) is 5.56 Å². The average molecular weight is 316 g/mol. The standard InChI is InChI=1S/C15H16N4O2S/c20-13(17-15-16-12(8-22-15)10-3-4-10)7-19-14(21)6-5-11(18-19)9-1-2-9/h5-6,8-10H,1-4,7H2,(H,16,17,20). The van der Waals surface area contributed by atoms with E-state index < -0.39 is 0 Å². The molecule has 0 atom stereocenters. The molecule has 0 aromatic carbocycles. The van der Waals surface area contributed by atoms with Crippen molar-refractivity contribution >= 4 is 22.4 Å². The molecule has 2 fully saturated rings. The summed E-state index contributed by atoms with van der Waals surface area (Å²) in [6.07, 6.45) is 4.59. The molecule has 0 radical (unpaired) electrons. The topological polar surface area (TPSA) is 76.9 Å². The first-order valence-corrected chi connectivity index (χ1v) is 8.40. The van der Waals surface area contributed by atoms with E-state index in [1.165, 1.54) is 34.9 Å². The summed E-state index contributed by atoms with van der Waals surface area (Å²) >= 11 is 1.43. The van der Waals surface area contributed by atoms with Gasteiger partial charge in [-0.1, -0.05) is 0 Å². The van der Waals surface area contributed by atoms with Gasteiger partial charge in [0.2, 0.25) is 5.91 Å². The summed E-state index contributed by atoms with van der Waals surface area (Å²) in [6, 6.07) is 3.25. The maximum absolute atomic E-state index is 12.1. The largest absolute Gasteiger partial charge is 0.300 e. The second-order valence-electron chi connectivity index (χ2n) is 5.93. The predicted octanol–water partition coefficient (Wildman–Crippen LogP) is 2.09. The van der Waals surface area contributed by atoms with Crippen molar-refractivity contribution in [2.45, 2.75) is 44.1 Å². The van der Waals surface area contributed by atoms with Crippen LogP contribution in [0.25, 0.3) is 0 Å². The van der Waals surface area contributed by atoms with Gasteiger partial charge in [0.05, 0.1) is 11.4 Å². The fourth-order valence-electron chi connectivity index (χ4n) is 2.38. The van der Waals surface area contributed by atoms with Crippen LogP contribution in [0.5, 0.6) is 0 Å². The number of nitrogens with one attached hydrogen (secondary N) is 1. The van der Waals surface area contributed by atoms with E-state index in [0.29, 0.717) is 17.0 Å². The Morgan fingerprint density at radius 2 is 1.95 bits per heavy atom. The molecular formula is C15H16N4O2S. The van der Waals surface area contributed by atoms with Crippen molar-refractivity contribution in [2.24, 2.45) is 0 Å². The Morgan fingerprint density at radius 3 is 2.68 bits per heavy atom. The molecule has 0 aliphatic heterocycles. The third-order valence-electron chi connectivity index (χ3n) is 3.94. The van der Waals surface area contributed by atoms with Crippen LogP contribution in [0.1, 0.15) is 48.9 Å². The number of nitrogens with zero attached hydrogens (tertiary/aromatic N) is 3. The number of hydrogen-bond acceptors (Lipinski definition) is 5. The van der Waals surface area contributed by atoms with Crippen molar-refractivity contribution in [3.63, 3.8) is 0 Å². The van der Waals surface area contributed by atoms with Crippen LogP contribution in [0.15, 0.2) is 22.3 Å². The second-order valence-corrected chi connectivity index (χ2v) is 6.79. The van der Waals surface area contributed by atoms with Crippen molar-refractivity contribution in [2.75, 3.05) is 5.32 Å². The minimum Gasteiger partial charge on any atom is -0.300 e. The van der Waals surface area contributed by atoms with Crippen molar-refractivity contribution in [1.29, 1.82) is 0 Å². The molecule has 2 aliphatic rings. The molecule has 4 rings (SSSR count). The van der Waals surface area contributed by atoms with E-state index in [4.69, 9.17) is 0 Å². The Bertz CT molecular complexity index is 774. The molecule has 2 saturated carbocycles. The van der Waals surface area contributed by atoms with Crippen LogP contribution < -0.4 is 10.9 Å². The van der Waals surface area contributed by atoms with E-state index in [9.17, 15) is 9.59 Å². The highest BCUT2D eigenvalue weighted by Gasteiger charge is 2.27. The first-order chi connectivity index (χ1) is 10.7. The molecular weight excluding hydrogens is 300 g/mol. The van der Waals surface area contributed by atoms with E-state index >= 15 is 0 Å². The smallest absolute Gasteiger partial charge is 0.267 e. The maximum Gasteiger partial charge on any atom is 0.267 e. The first kappa shape index (κ1) is 13.6. The highest BCUT2D eigenvalue weighted by molar-refractivity contribution is 7.13. The molecule has 2 aliphatic carbocycles. The lowest BCUT2D eigenvalue weighted by Crippen LogP contribution is -2.29. The van der Waals surface area contributed by atoms with Crippen molar-refractivity contribution < 1.29 is 4.79 Å². The zero-order chi connectivity index (χ0) is 15.1. The highest BCUT2D eigenvalue weighted by atomic mass is 32.1.